The maximum atomic E-state index is 13.3. The van der Waals surface area contributed by atoms with Crippen LogP contribution in [0.2, 0.25) is 5.02 Å². The Morgan fingerprint density at radius 3 is 2.15 bits per heavy atom. The lowest BCUT2D eigenvalue weighted by Gasteiger charge is -2.40. The highest BCUT2D eigenvalue weighted by atomic mass is 35.5. The van der Waals surface area contributed by atoms with Crippen molar-refractivity contribution in [1.82, 2.24) is 0 Å². The summed E-state index contributed by atoms with van der Waals surface area (Å²) < 4.78 is 0. The molecule has 2 aromatic rings. The number of aliphatic hydroxyl groups is 1. The molecule has 0 bridgehead atoms. The molecule has 0 spiro atoms. The Bertz CT molecular complexity index is 918. The van der Waals surface area contributed by atoms with Crippen LogP contribution in [0.25, 0.3) is 16.7 Å². The number of allylic oxidation sites excluding steroid dienone is 2. The van der Waals surface area contributed by atoms with Crippen molar-refractivity contribution in [3.8, 4) is 11.1 Å². The van der Waals surface area contributed by atoms with E-state index in [9.17, 15) is 9.90 Å². The van der Waals surface area contributed by atoms with Crippen molar-refractivity contribution >= 4 is 23.0 Å². The van der Waals surface area contributed by atoms with Crippen molar-refractivity contribution in [3.63, 3.8) is 0 Å². The van der Waals surface area contributed by atoms with Crippen molar-refractivity contribution in [1.29, 1.82) is 0 Å². The Labute approximate surface area is 166 Å². The van der Waals surface area contributed by atoms with Gasteiger partial charge in [0.2, 0.25) is 0 Å². The van der Waals surface area contributed by atoms with Crippen LogP contribution in [0.5, 0.6) is 0 Å². The number of carbonyl (C=O) groups is 1. The zero-order valence-electron chi connectivity index (χ0n) is 16.7. The van der Waals surface area contributed by atoms with E-state index in [0.717, 1.165) is 28.7 Å². The number of aryl methyl sites for hydroxylation is 1. The molecule has 0 atom stereocenters. The Morgan fingerprint density at radius 1 is 0.963 bits per heavy atom. The highest BCUT2D eigenvalue weighted by Crippen LogP contribution is 2.49. The van der Waals surface area contributed by atoms with Gasteiger partial charge in [0.15, 0.2) is 5.78 Å². The van der Waals surface area contributed by atoms with Crippen molar-refractivity contribution in [2.24, 2.45) is 10.8 Å². The lowest BCUT2D eigenvalue weighted by Crippen LogP contribution is -2.38. The molecule has 0 fully saturated rings. The fourth-order valence-electron chi connectivity index (χ4n) is 4.24. The van der Waals surface area contributed by atoms with Gasteiger partial charge in [0.05, 0.1) is 5.57 Å². The minimum Gasteiger partial charge on any atom is -0.511 e. The fraction of sp³-hybridized carbons (Fsp3) is 0.375. The van der Waals surface area contributed by atoms with Gasteiger partial charge >= 0.3 is 0 Å². The van der Waals surface area contributed by atoms with Crippen LogP contribution in [-0.4, -0.2) is 10.9 Å². The fourth-order valence-corrected chi connectivity index (χ4v) is 4.37. The summed E-state index contributed by atoms with van der Waals surface area (Å²) >= 11 is 6.02. The normalized spacial score (nSPS) is 18.7. The topological polar surface area (TPSA) is 37.3 Å². The molecule has 0 radical (unpaired) electrons. The SMILES string of the molecule is CCc1ccc(-c2ccc(Cl)cc2)cc1C1=C(O)C(C)(C)CC(C)(C)C1=O. The first-order valence-electron chi connectivity index (χ1n) is 9.44. The Morgan fingerprint density at radius 2 is 1.56 bits per heavy atom. The quantitative estimate of drug-likeness (QED) is 0.629. The standard InChI is InChI=1S/C24H27ClO2/c1-6-15-7-8-17(16-9-11-18(25)12-10-16)13-19(15)20-21(26)23(2,3)14-24(4,5)22(20)27/h7-13,26H,6,14H2,1-5H3. The molecule has 0 aliphatic heterocycles. The van der Waals surface area contributed by atoms with Crippen LogP contribution in [0.1, 0.15) is 52.2 Å². The van der Waals surface area contributed by atoms with Crippen LogP contribution >= 0.6 is 11.6 Å². The molecule has 3 heteroatoms. The van der Waals surface area contributed by atoms with Gasteiger partial charge in [-0.3, -0.25) is 4.79 Å². The molecule has 0 amide bonds. The predicted molar refractivity (Wildman–Crippen MR) is 113 cm³/mol. The first-order valence-corrected chi connectivity index (χ1v) is 9.82. The van der Waals surface area contributed by atoms with E-state index in [1.807, 2.05) is 58.0 Å². The summed E-state index contributed by atoms with van der Waals surface area (Å²) in [6, 6.07) is 13.8. The zero-order chi connectivity index (χ0) is 20.0. The summed E-state index contributed by atoms with van der Waals surface area (Å²) in [6.07, 6.45) is 1.42. The summed E-state index contributed by atoms with van der Waals surface area (Å²) in [5.41, 5.74) is 3.48. The number of aliphatic hydroxyl groups excluding tert-OH is 1. The molecule has 0 aromatic heterocycles. The van der Waals surface area contributed by atoms with E-state index < -0.39 is 10.8 Å². The number of halogens is 1. The molecular weight excluding hydrogens is 356 g/mol. The summed E-state index contributed by atoms with van der Waals surface area (Å²) in [7, 11) is 0. The van der Waals surface area contributed by atoms with E-state index in [1.165, 1.54) is 0 Å². The van der Waals surface area contributed by atoms with E-state index in [4.69, 9.17) is 11.6 Å². The van der Waals surface area contributed by atoms with Gasteiger partial charge in [-0.05, 0) is 53.3 Å². The Balaban J connectivity index is 2.24. The summed E-state index contributed by atoms with van der Waals surface area (Å²) in [4.78, 5) is 13.3. The largest absolute Gasteiger partial charge is 0.511 e. The summed E-state index contributed by atoms with van der Waals surface area (Å²) in [5, 5.41) is 11.7. The van der Waals surface area contributed by atoms with Crippen LogP contribution in [0.15, 0.2) is 48.2 Å². The number of hydrogen-bond acceptors (Lipinski definition) is 2. The molecular formula is C24H27ClO2. The molecule has 0 heterocycles. The third kappa shape index (κ3) is 3.55. The highest BCUT2D eigenvalue weighted by Gasteiger charge is 2.46. The van der Waals surface area contributed by atoms with Crippen molar-refractivity contribution in [3.05, 3.63) is 64.4 Å². The van der Waals surface area contributed by atoms with Gasteiger partial charge in [0, 0.05) is 15.9 Å². The monoisotopic (exact) mass is 382 g/mol. The van der Waals surface area contributed by atoms with Gasteiger partial charge in [-0.2, -0.15) is 0 Å². The van der Waals surface area contributed by atoms with Gasteiger partial charge in [-0.25, -0.2) is 0 Å². The molecule has 142 valence electrons. The molecule has 0 saturated heterocycles. The number of rotatable bonds is 3. The average Bonchev–Trinajstić information content (AvgIpc) is 2.60. The zero-order valence-corrected chi connectivity index (χ0v) is 17.4. The number of carbonyl (C=O) groups excluding carboxylic acids is 1. The lowest BCUT2D eigenvalue weighted by atomic mass is 9.63. The van der Waals surface area contributed by atoms with E-state index in [2.05, 4.69) is 19.1 Å². The highest BCUT2D eigenvalue weighted by molar-refractivity contribution is 6.30. The smallest absolute Gasteiger partial charge is 0.172 e. The maximum absolute atomic E-state index is 13.3. The molecule has 1 aliphatic carbocycles. The van der Waals surface area contributed by atoms with Gasteiger partial charge in [0.1, 0.15) is 5.76 Å². The van der Waals surface area contributed by atoms with Crippen molar-refractivity contribution in [2.45, 2.75) is 47.5 Å². The summed E-state index contributed by atoms with van der Waals surface area (Å²) in [5.74, 6) is 0.220. The molecule has 1 aliphatic rings. The molecule has 2 aromatic carbocycles. The van der Waals surface area contributed by atoms with Crippen LogP contribution in [-0.2, 0) is 11.2 Å². The molecule has 0 unspecified atom stereocenters. The van der Waals surface area contributed by atoms with E-state index in [-0.39, 0.29) is 11.5 Å². The maximum Gasteiger partial charge on any atom is 0.172 e. The third-order valence-electron chi connectivity index (χ3n) is 5.54. The third-order valence-corrected chi connectivity index (χ3v) is 5.79. The van der Waals surface area contributed by atoms with Crippen LogP contribution in [0.3, 0.4) is 0 Å². The molecule has 2 nitrogen and oxygen atoms in total. The Kier molecular flexibility index (Phi) is 4.98. The van der Waals surface area contributed by atoms with Crippen LogP contribution in [0.4, 0.5) is 0 Å². The second-order valence-corrected chi connectivity index (χ2v) is 9.17. The second-order valence-electron chi connectivity index (χ2n) is 8.73. The summed E-state index contributed by atoms with van der Waals surface area (Å²) in [6.45, 7) is 10.0. The lowest BCUT2D eigenvalue weighted by molar-refractivity contribution is -0.124. The Hall–Kier alpha value is -2.06. The number of Topliss-reactive ketones (excluding diaryl/α,β-unsaturated/α-hetero) is 1. The molecule has 3 rings (SSSR count). The minimum absolute atomic E-state index is 0.0160. The van der Waals surface area contributed by atoms with Gasteiger partial charge in [0.25, 0.3) is 0 Å². The van der Waals surface area contributed by atoms with Crippen LogP contribution < -0.4 is 0 Å². The first kappa shape index (κ1) is 19.7. The number of ketones is 1. The second kappa shape index (κ2) is 6.83. The average molecular weight is 383 g/mol. The molecule has 0 saturated carbocycles. The molecule has 1 N–H and O–H groups in total. The van der Waals surface area contributed by atoms with Crippen LogP contribution in [0, 0.1) is 10.8 Å². The van der Waals surface area contributed by atoms with E-state index >= 15 is 0 Å². The van der Waals surface area contributed by atoms with Crippen molar-refractivity contribution < 1.29 is 9.90 Å². The molecule has 27 heavy (non-hydrogen) atoms. The van der Waals surface area contributed by atoms with E-state index in [1.54, 1.807) is 0 Å². The van der Waals surface area contributed by atoms with Gasteiger partial charge in [-0.1, -0.05) is 70.5 Å². The minimum atomic E-state index is -0.508. The van der Waals surface area contributed by atoms with Crippen molar-refractivity contribution in [2.75, 3.05) is 0 Å². The number of hydrogen-bond donors (Lipinski definition) is 1. The van der Waals surface area contributed by atoms with Gasteiger partial charge in [-0.15, -0.1) is 0 Å². The van der Waals surface area contributed by atoms with E-state index in [0.29, 0.717) is 17.0 Å². The first-order chi connectivity index (χ1) is 12.6. The predicted octanol–water partition coefficient (Wildman–Crippen LogP) is 6.86. The number of benzene rings is 2. The van der Waals surface area contributed by atoms with Gasteiger partial charge < -0.3 is 5.11 Å².